The van der Waals surface area contributed by atoms with E-state index in [1.54, 1.807) is 19.2 Å². The van der Waals surface area contributed by atoms with Crippen LogP contribution in [0.1, 0.15) is 18.4 Å². The zero-order valence-corrected chi connectivity index (χ0v) is 17.7. The van der Waals surface area contributed by atoms with Crippen LogP contribution in [0.3, 0.4) is 0 Å². The molecule has 0 bridgehead atoms. The molecule has 4 rings (SSSR count). The van der Waals surface area contributed by atoms with Crippen molar-refractivity contribution in [3.63, 3.8) is 0 Å². The second-order valence-corrected chi connectivity index (χ2v) is 7.82. The highest BCUT2D eigenvalue weighted by Crippen LogP contribution is 2.49. The molecule has 0 saturated carbocycles. The van der Waals surface area contributed by atoms with E-state index < -0.39 is 5.41 Å². The van der Waals surface area contributed by atoms with Gasteiger partial charge in [0.25, 0.3) is 5.91 Å². The van der Waals surface area contributed by atoms with Gasteiger partial charge in [-0.05, 0) is 36.6 Å². The highest BCUT2D eigenvalue weighted by molar-refractivity contribution is 6.43. The molecule has 2 aromatic carbocycles. The molecule has 2 aliphatic heterocycles. The average Bonchev–Trinajstić information content (AvgIpc) is 3.12. The average molecular weight is 430 g/mol. The number of hydroxylamine groups is 2. The molecule has 0 aliphatic carbocycles. The van der Waals surface area contributed by atoms with Gasteiger partial charge in [0.15, 0.2) is 0 Å². The normalized spacial score (nSPS) is 22.1. The van der Waals surface area contributed by atoms with E-state index in [9.17, 15) is 9.90 Å². The number of hydrogen-bond donors (Lipinski definition) is 1. The molecule has 0 saturated heterocycles. The van der Waals surface area contributed by atoms with Gasteiger partial charge in [-0.25, -0.2) is 5.06 Å². The first-order chi connectivity index (χ1) is 14.5. The number of ether oxygens (including phenoxy) is 1. The number of aliphatic hydroxyl groups excluding tert-OH is 1. The molecule has 30 heavy (non-hydrogen) atoms. The van der Waals surface area contributed by atoms with E-state index in [0.717, 1.165) is 5.56 Å². The third-order valence-corrected chi connectivity index (χ3v) is 6.07. The van der Waals surface area contributed by atoms with Crippen molar-refractivity contribution in [3.8, 4) is 5.75 Å². The molecular weight excluding hydrogens is 406 g/mol. The fourth-order valence-corrected chi connectivity index (χ4v) is 4.51. The summed E-state index contributed by atoms with van der Waals surface area (Å²) in [5.41, 5.74) is 1.23. The fourth-order valence-electron chi connectivity index (χ4n) is 4.35. The maximum atomic E-state index is 13.4. The minimum atomic E-state index is -0.784. The molecule has 0 aromatic heterocycles. The quantitative estimate of drug-likeness (QED) is 0.714. The molecule has 8 heteroatoms. The van der Waals surface area contributed by atoms with Gasteiger partial charge < -0.3 is 9.84 Å². The van der Waals surface area contributed by atoms with Gasteiger partial charge in [0, 0.05) is 18.7 Å². The first-order valence-electron chi connectivity index (χ1n) is 9.82. The van der Waals surface area contributed by atoms with Crippen LogP contribution in [0.25, 0.3) is 0 Å². The van der Waals surface area contributed by atoms with Gasteiger partial charge in [0.05, 0.1) is 12.5 Å². The number of anilines is 1. The van der Waals surface area contributed by atoms with Crippen LogP contribution in [-0.2, 0) is 15.0 Å². The Hall–Kier alpha value is -2.61. The Morgan fingerprint density at radius 2 is 2.13 bits per heavy atom. The Kier molecular flexibility index (Phi) is 5.69. The Bertz CT molecular complexity index is 968. The van der Waals surface area contributed by atoms with Gasteiger partial charge in [0.1, 0.15) is 29.8 Å². The van der Waals surface area contributed by atoms with Crippen LogP contribution < -0.4 is 9.75 Å². The summed E-state index contributed by atoms with van der Waals surface area (Å²) in [6, 6.07) is 14.9. The van der Waals surface area contributed by atoms with Crippen molar-refractivity contribution < 1.29 is 19.5 Å². The first kappa shape index (κ1) is 20.7. The maximum Gasteiger partial charge on any atom is 0.294 e. The van der Waals surface area contributed by atoms with Crippen LogP contribution in [0.2, 0.25) is 5.02 Å². The van der Waals surface area contributed by atoms with Crippen LogP contribution in [0.15, 0.2) is 53.6 Å². The zero-order chi connectivity index (χ0) is 21.3. The van der Waals surface area contributed by atoms with Gasteiger partial charge in [0.2, 0.25) is 0 Å². The Morgan fingerprint density at radius 1 is 1.37 bits per heavy atom. The van der Waals surface area contributed by atoms with Crippen molar-refractivity contribution >= 4 is 28.9 Å². The molecule has 2 aliphatic rings. The molecule has 1 N–H and O–H groups in total. The molecule has 0 fully saturated rings. The van der Waals surface area contributed by atoms with E-state index in [2.05, 4.69) is 0 Å². The van der Waals surface area contributed by atoms with Crippen LogP contribution in [0.4, 0.5) is 5.69 Å². The first-order valence-corrected chi connectivity index (χ1v) is 10.2. The number of carbonyl (C=O) groups excluding carboxylic acids is 1. The van der Waals surface area contributed by atoms with Crippen LogP contribution >= 0.6 is 11.6 Å². The van der Waals surface area contributed by atoms with Gasteiger partial charge in [-0.15, -0.1) is 0 Å². The summed E-state index contributed by atoms with van der Waals surface area (Å²) in [4.78, 5) is 18.5. The molecule has 158 valence electrons. The summed E-state index contributed by atoms with van der Waals surface area (Å²) in [5, 5.41) is 18.0. The molecule has 2 unspecified atom stereocenters. The van der Waals surface area contributed by atoms with Crippen molar-refractivity contribution in [2.75, 3.05) is 32.4 Å². The standard InChI is InChI=1S/C22H24ClN3O4/c1-25(29-2)21(28)20-22(11-6-12-27,15-7-4-3-5-8-15)19-14-30-18-10-9-16(23)13-17(18)26(19)24-20/h3-5,7-10,13,19,27H,6,11-12,14H2,1-2H3. The number of rotatable bonds is 6. The molecule has 1 amide bonds. The molecule has 2 atom stereocenters. The van der Waals surface area contributed by atoms with Gasteiger partial charge in [-0.2, -0.15) is 5.10 Å². The lowest BCUT2D eigenvalue weighted by Gasteiger charge is -2.41. The summed E-state index contributed by atoms with van der Waals surface area (Å²) >= 11 is 6.25. The molecule has 0 radical (unpaired) electrons. The number of hydrogen-bond acceptors (Lipinski definition) is 6. The monoisotopic (exact) mass is 429 g/mol. The number of halogens is 1. The van der Waals surface area contributed by atoms with Gasteiger partial charge >= 0.3 is 0 Å². The fraction of sp³-hybridized carbons (Fsp3) is 0.364. The number of hydrazone groups is 1. The highest BCUT2D eigenvalue weighted by atomic mass is 35.5. The van der Waals surface area contributed by atoms with E-state index in [1.165, 1.54) is 12.2 Å². The molecular formula is C22H24ClN3O4. The molecule has 2 aromatic rings. The van der Waals surface area contributed by atoms with Crippen molar-refractivity contribution in [1.82, 2.24) is 5.06 Å². The number of benzene rings is 2. The number of amides is 1. The maximum absolute atomic E-state index is 13.4. The third-order valence-electron chi connectivity index (χ3n) is 5.84. The van der Waals surface area contributed by atoms with E-state index in [0.29, 0.717) is 41.6 Å². The summed E-state index contributed by atoms with van der Waals surface area (Å²) in [5.74, 6) is 0.328. The van der Waals surface area contributed by atoms with Crippen LogP contribution in [0, 0.1) is 0 Å². The van der Waals surface area contributed by atoms with E-state index in [1.807, 2.05) is 41.4 Å². The van der Waals surface area contributed by atoms with E-state index in [-0.39, 0.29) is 18.6 Å². The summed E-state index contributed by atoms with van der Waals surface area (Å²) in [6.07, 6.45) is 1.03. The molecule has 2 heterocycles. The Balaban J connectivity index is 1.92. The Labute approximate surface area is 180 Å². The summed E-state index contributed by atoms with van der Waals surface area (Å²) < 4.78 is 6.07. The lowest BCUT2D eigenvalue weighted by Crippen LogP contribution is -2.55. The summed E-state index contributed by atoms with van der Waals surface area (Å²) in [7, 11) is 3.00. The van der Waals surface area contributed by atoms with Gasteiger partial charge in [-0.1, -0.05) is 41.9 Å². The lowest BCUT2D eigenvalue weighted by molar-refractivity contribution is -0.160. The number of carbonyl (C=O) groups is 1. The Morgan fingerprint density at radius 3 is 2.83 bits per heavy atom. The van der Waals surface area contributed by atoms with Crippen molar-refractivity contribution in [3.05, 3.63) is 59.1 Å². The topological polar surface area (TPSA) is 74.6 Å². The lowest BCUT2D eigenvalue weighted by atomic mass is 9.67. The number of aliphatic hydroxyl groups is 1. The van der Waals surface area contributed by atoms with Crippen molar-refractivity contribution in [2.45, 2.75) is 24.3 Å². The molecule has 0 spiro atoms. The van der Waals surface area contributed by atoms with Crippen LogP contribution in [0.5, 0.6) is 5.75 Å². The summed E-state index contributed by atoms with van der Waals surface area (Å²) in [6.45, 7) is 0.345. The van der Waals surface area contributed by atoms with Crippen molar-refractivity contribution in [1.29, 1.82) is 0 Å². The number of fused-ring (bicyclic) bond motifs is 3. The SMILES string of the molecule is CON(C)C(=O)C1=NN2c3cc(Cl)ccc3OCC2C1(CCCO)c1ccccc1. The van der Waals surface area contributed by atoms with E-state index >= 15 is 0 Å². The minimum Gasteiger partial charge on any atom is -0.489 e. The largest absolute Gasteiger partial charge is 0.489 e. The predicted octanol–water partition coefficient (Wildman–Crippen LogP) is 3.01. The molecule has 7 nitrogen and oxygen atoms in total. The number of nitrogens with zero attached hydrogens (tertiary/aromatic N) is 3. The smallest absolute Gasteiger partial charge is 0.294 e. The second-order valence-electron chi connectivity index (χ2n) is 7.38. The third kappa shape index (κ3) is 3.23. The zero-order valence-electron chi connectivity index (χ0n) is 16.9. The minimum absolute atomic E-state index is 0.00611. The van der Waals surface area contributed by atoms with Crippen molar-refractivity contribution in [2.24, 2.45) is 5.10 Å². The van der Waals surface area contributed by atoms with Gasteiger partial charge in [-0.3, -0.25) is 14.6 Å². The van der Waals surface area contributed by atoms with E-state index in [4.69, 9.17) is 26.3 Å². The highest BCUT2D eigenvalue weighted by Gasteiger charge is 2.57. The predicted molar refractivity (Wildman–Crippen MR) is 115 cm³/mol. The second kappa shape index (κ2) is 8.26. The van der Waals surface area contributed by atoms with Crippen LogP contribution in [-0.4, -0.2) is 55.2 Å².